The van der Waals surface area contributed by atoms with Crippen LogP contribution in [0, 0.1) is 0 Å². The van der Waals surface area contributed by atoms with Gasteiger partial charge in [-0.3, -0.25) is 0 Å². The summed E-state index contributed by atoms with van der Waals surface area (Å²) in [5.41, 5.74) is 0. The lowest BCUT2D eigenvalue weighted by molar-refractivity contribution is 0.461. The Hall–Kier alpha value is 0.140. The Labute approximate surface area is 104 Å². The van der Waals surface area contributed by atoms with Crippen molar-refractivity contribution in [1.82, 2.24) is 5.32 Å². The van der Waals surface area contributed by atoms with Gasteiger partial charge in [0.2, 0.25) is 0 Å². The number of hydrogen-bond acceptors (Lipinski definition) is 2. The summed E-state index contributed by atoms with van der Waals surface area (Å²) in [6.45, 7) is 1.03. The van der Waals surface area contributed by atoms with E-state index in [0.717, 1.165) is 12.6 Å². The molecule has 0 amide bonds. The Morgan fingerprint density at radius 2 is 2.00 bits per heavy atom. The van der Waals surface area contributed by atoms with Crippen LogP contribution in [0.1, 0.15) is 43.4 Å². The van der Waals surface area contributed by atoms with Gasteiger partial charge in [0.25, 0.3) is 0 Å². The molecule has 1 aromatic rings. The Morgan fingerprint density at radius 1 is 1.27 bits per heavy atom. The molecule has 15 heavy (non-hydrogen) atoms. The molecule has 84 valence electrons. The third kappa shape index (κ3) is 3.58. The van der Waals surface area contributed by atoms with Crippen molar-refractivity contribution in [3.8, 4) is 0 Å². The maximum absolute atomic E-state index is 3.69. The molecule has 0 atom stereocenters. The third-order valence-corrected chi connectivity index (χ3v) is 5.02. The smallest absolute Gasteiger partial charge is 0.0327 e. The fraction of sp³-hybridized carbons (Fsp3) is 0.667. The van der Waals surface area contributed by atoms with Gasteiger partial charge >= 0.3 is 0 Å². The minimum atomic E-state index is 0.751. The van der Waals surface area contributed by atoms with Crippen LogP contribution in [0.4, 0.5) is 0 Å². The van der Waals surface area contributed by atoms with Gasteiger partial charge in [0.15, 0.2) is 0 Å². The predicted octanol–water partition coefficient (Wildman–Crippen LogP) is 4.32. The standard InChI is InChI=1S/C12H18BrNS/c13-11-7-8-15-12(11)9-14-10-5-3-1-2-4-6-10/h7-8,10,14H,1-6,9H2. The van der Waals surface area contributed by atoms with Gasteiger partial charge in [-0.1, -0.05) is 25.7 Å². The van der Waals surface area contributed by atoms with Crippen LogP contribution in [0.25, 0.3) is 0 Å². The highest BCUT2D eigenvalue weighted by Gasteiger charge is 2.12. The molecule has 0 aromatic carbocycles. The molecule has 0 unspecified atom stereocenters. The van der Waals surface area contributed by atoms with Crippen molar-refractivity contribution in [2.75, 3.05) is 0 Å². The van der Waals surface area contributed by atoms with Crippen LogP contribution in [0.5, 0.6) is 0 Å². The fourth-order valence-electron chi connectivity index (χ4n) is 2.17. The Balaban J connectivity index is 1.79. The van der Waals surface area contributed by atoms with Gasteiger partial charge in [-0.25, -0.2) is 0 Å². The molecule has 1 heterocycles. The molecule has 2 rings (SSSR count). The van der Waals surface area contributed by atoms with Gasteiger partial charge in [-0.05, 0) is 40.2 Å². The molecule has 1 saturated carbocycles. The second kappa shape index (κ2) is 6.02. The fourth-order valence-corrected chi connectivity index (χ4v) is 3.62. The summed E-state index contributed by atoms with van der Waals surface area (Å²) in [5, 5.41) is 5.83. The minimum absolute atomic E-state index is 0.751. The molecule has 1 N–H and O–H groups in total. The molecule has 0 radical (unpaired) electrons. The number of thiophene rings is 1. The highest BCUT2D eigenvalue weighted by Crippen LogP contribution is 2.23. The minimum Gasteiger partial charge on any atom is -0.309 e. The lowest BCUT2D eigenvalue weighted by Gasteiger charge is -2.15. The zero-order chi connectivity index (χ0) is 10.5. The molecule has 3 heteroatoms. The van der Waals surface area contributed by atoms with Crippen molar-refractivity contribution in [2.24, 2.45) is 0 Å². The van der Waals surface area contributed by atoms with Crippen LogP contribution >= 0.6 is 27.3 Å². The van der Waals surface area contributed by atoms with Crippen LogP contribution in [0.15, 0.2) is 15.9 Å². The van der Waals surface area contributed by atoms with E-state index in [2.05, 4.69) is 32.7 Å². The molecule has 1 aromatic heterocycles. The lowest BCUT2D eigenvalue weighted by atomic mass is 10.1. The Morgan fingerprint density at radius 3 is 2.60 bits per heavy atom. The number of nitrogens with one attached hydrogen (secondary N) is 1. The summed E-state index contributed by atoms with van der Waals surface area (Å²) >= 11 is 5.41. The van der Waals surface area contributed by atoms with E-state index in [-0.39, 0.29) is 0 Å². The van der Waals surface area contributed by atoms with Gasteiger partial charge in [-0.2, -0.15) is 0 Å². The average molecular weight is 288 g/mol. The molecule has 1 fully saturated rings. The van der Waals surface area contributed by atoms with Crippen LogP contribution in [-0.4, -0.2) is 6.04 Å². The van der Waals surface area contributed by atoms with Crippen molar-refractivity contribution in [2.45, 2.75) is 51.1 Å². The van der Waals surface area contributed by atoms with E-state index >= 15 is 0 Å². The summed E-state index contributed by atoms with van der Waals surface area (Å²) in [7, 11) is 0. The van der Waals surface area contributed by atoms with E-state index in [1.54, 1.807) is 0 Å². The van der Waals surface area contributed by atoms with Crippen LogP contribution < -0.4 is 5.32 Å². The highest BCUT2D eigenvalue weighted by atomic mass is 79.9. The van der Waals surface area contributed by atoms with Gasteiger partial charge in [0.05, 0.1) is 0 Å². The van der Waals surface area contributed by atoms with Gasteiger partial charge in [-0.15, -0.1) is 11.3 Å². The first-order valence-corrected chi connectivity index (χ1v) is 7.49. The van der Waals surface area contributed by atoms with Crippen LogP contribution in [0.2, 0.25) is 0 Å². The molecule has 0 spiro atoms. The SMILES string of the molecule is Brc1ccsc1CNC1CCCCCC1. The van der Waals surface area contributed by atoms with E-state index in [1.165, 1.54) is 47.9 Å². The quantitative estimate of drug-likeness (QED) is 0.817. The first kappa shape index (κ1) is 11.6. The molecule has 0 aliphatic heterocycles. The molecular formula is C12H18BrNS. The number of rotatable bonds is 3. The molecule has 1 aliphatic rings. The van der Waals surface area contributed by atoms with E-state index in [1.807, 2.05) is 11.3 Å². The monoisotopic (exact) mass is 287 g/mol. The first-order valence-electron chi connectivity index (χ1n) is 5.81. The molecular weight excluding hydrogens is 270 g/mol. The van der Waals surface area contributed by atoms with Crippen molar-refractivity contribution >= 4 is 27.3 Å². The van der Waals surface area contributed by atoms with Gasteiger partial charge in [0.1, 0.15) is 0 Å². The van der Waals surface area contributed by atoms with Crippen LogP contribution in [0.3, 0.4) is 0 Å². The summed E-state index contributed by atoms with van der Waals surface area (Å²) in [6.07, 6.45) is 8.40. The maximum atomic E-state index is 3.69. The summed E-state index contributed by atoms with van der Waals surface area (Å²) < 4.78 is 1.26. The average Bonchev–Trinajstić information content (AvgIpc) is 2.53. The Kier molecular flexibility index (Phi) is 4.66. The summed E-state index contributed by atoms with van der Waals surface area (Å²) in [4.78, 5) is 1.43. The number of hydrogen-bond donors (Lipinski definition) is 1. The second-order valence-electron chi connectivity index (χ2n) is 4.26. The normalized spacial score (nSPS) is 19.0. The number of halogens is 1. The topological polar surface area (TPSA) is 12.0 Å². The lowest BCUT2D eigenvalue weighted by Crippen LogP contribution is -2.27. The largest absolute Gasteiger partial charge is 0.309 e. The zero-order valence-corrected chi connectivity index (χ0v) is 11.4. The highest BCUT2D eigenvalue weighted by molar-refractivity contribution is 9.10. The van der Waals surface area contributed by atoms with E-state index in [4.69, 9.17) is 0 Å². The Bertz CT molecular complexity index is 290. The molecule has 0 saturated heterocycles. The van der Waals surface area contributed by atoms with E-state index in [0.29, 0.717) is 0 Å². The van der Waals surface area contributed by atoms with Gasteiger partial charge in [0, 0.05) is 21.9 Å². The van der Waals surface area contributed by atoms with Crippen molar-refractivity contribution in [3.05, 3.63) is 20.8 Å². The maximum Gasteiger partial charge on any atom is 0.0327 e. The predicted molar refractivity (Wildman–Crippen MR) is 70.3 cm³/mol. The summed E-state index contributed by atoms with van der Waals surface area (Å²) in [5.74, 6) is 0. The van der Waals surface area contributed by atoms with E-state index in [9.17, 15) is 0 Å². The molecule has 0 bridgehead atoms. The molecule has 1 aliphatic carbocycles. The zero-order valence-electron chi connectivity index (χ0n) is 8.97. The third-order valence-electron chi connectivity index (χ3n) is 3.10. The van der Waals surface area contributed by atoms with E-state index < -0.39 is 0 Å². The van der Waals surface area contributed by atoms with Crippen molar-refractivity contribution in [1.29, 1.82) is 0 Å². The van der Waals surface area contributed by atoms with Crippen molar-refractivity contribution < 1.29 is 0 Å². The van der Waals surface area contributed by atoms with Crippen LogP contribution in [-0.2, 0) is 6.54 Å². The van der Waals surface area contributed by atoms with Gasteiger partial charge < -0.3 is 5.32 Å². The molecule has 1 nitrogen and oxygen atoms in total. The summed E-state index contributed by atoms with van der Waals surface area (Å²) in [6, 6.07) is 2.89. The second-order valence-corrected chi connectivity index (χ2v) is 6.12. The first-order chi connectivity index (χ1) is 7.36. The van der Waals surface area contributed by atoms with Crippen molar-refractivity contribution in [3.63, 3.8) is 0 Å².